The predicted octanol–water partition coefficient (Wildman–Crippen LogP) is 1.33. The number of carbonyl (C=O) groups is 1. The fraction of sp³-hybridized carbons (Fsp3) is 0.421. The molecule has 0 radical (unpaired) electrons. The monoisotopic (exact) mass is 373 g/mol. The molecule has 3 rings (SSSR count). The van der Waals surface area contributed by atoms with Crippen LogP contribution in [0.5, 0.6) is 0 Å². The Hall–Kier alpha value is -2.58. The Bertz CT molecular complexity index is 735. The predicted molar refractivity (Wildman–Crippen MR) is 100 cm³/mol. The molecule has 2 heterocycles. The third kappa shape index (κ3) is 5.97. The van der Waals surface area contributed by atoms with Crippen molar-refractivity contribution in [2.75, 3.05) is 51.3 Å². The number of nitrogens with zero attached hydrogens (tertiary/aromatic N) is 3. The largest absolute Gasteiger partial charge is 0.379 e. The van der Waals surface area contributed by atoms with Gasteiger partial charge in [0, 0.05) is 32.7 Å². The first-order valence-electron chi connectivity index (χ1n) is 9.12. The van der Waals surface area contributed by atoms with Gasteiger partial charge < -0.3 is 15.4 Å². The Balaban J connectivity index is 1.39. The topological polar surface area (TPSA) is 79.4 Å². The molecule has 0 atom stereocenters. The Labute approximate surface area is 157 Å². The molecule has 0 aliphatic carbocycles. The van der Waals surface area contributed by atoms with Crippen molar-refractivity contribution >= 4 is 11.7 Å². The molecule has 8 heteroatoms. The highest BCUT2D eigenvalue weighted by molar-refractivity contribution is 5.92. The van der Waals surface area contributed by atoms with Crippen molar-refractivity contribution in [3.63, 3.8) is 0 Å². The second-order valence-electron chi connectivity index (χ2n) is 6.28. The first kappa shape index (κ1) is 19.2. The van der Waals surface area contributed by atoms with Crippen LogP contribution >= 0.6 is 0 Å². The summed E-state index contributed by atoms with van der Waals surface area (Å²) in [5.74, 6) is 0.0453. The Morgan fingerprint density at radius 1 is 1.11 bits per heavy atom. The molecule has 1 aliphatic rings. The zero-order valence-electron chi connectivity index (χ0n) is 15.2. The number of nitrogens with one attached hydrogen (secondary N) is 2. The van der Waals surface area contributed by atoms with Crippen molar-refractivity contribution in [3.05, 3.63) is 53.5 Å². The van der Waals surface area contributed by atoms with E-state index in [1.807, 2.05) is 0 Å². The summed E-state index contributed by atoms with van der Waals surface area (Å²) in [6.45, 7) is 5.44. The standard InChI is InChI=1S/C19H24FN5O2/c20-16-4-2-1-3-15(16)7-8-22-19(26)17-5-6-18(24-23-17)21-9-10-25-11-13-27-14-12-25/h1-6H,7-14H2,(H,21,24)(H,22,26). The second-order valence-corrected chi connectivity index (χ2v) is 6.28. The molecule has 0 spiro atoms. The molecule has 1 saturated heterocycles. The van der Waals surface area contributed by atoms with E-state index in [9.17, 15) is 9.18 Å². The summed E-state index contributed by atoms with van der Waals surface area (Å²) in [5.41, 5.74) is 0.811. The molecule has 2 N–H and O–H groups in total. The molecule has 0 unspecified atom stereocenters. The maximum Gasteiger partial charge on any atom is 0.271 e. The van der Waals surface area contributed by atoms with Crippen LogP contribution in [0.25, 0.3) is 0 Å². The van der Waals surface area contributed by atoms with Gasteiger partial charge in [-0.2, -0.15) is 0 Å². The Morgan fingerprint density at radius 3 is 2.67 bits per heavy atom. The van der Waals surface area contributed by atoms with Gasteiger partial charge in [0.1, 0.15) is 11.6 Å². The number of aromatic nitrogens is 2. The molecule has 1 amide bonds. The van der Waals surface area contributed by atoms with E-state index in [1.54, 1.807) is 30.3 Å². The van der Waals surface area contributed by atoms with Crippen LogP contribution in [0.15, 0.2) is 36.4 Å². The van der Waals surface area contributed by atoms with Gasteiger partial charge in [-0.15, -0.1) is 10.2 Å². The molecule has 144 valence electrons. The lowest BCUT2D eigenvalue weighted by atomic mass is 10.1. The normalized spacial score (nSPS) is 14.7. The molecule has 0 saturated carbocycles. The van der Waals surface area contributed by atoms with Crippen LogP contribution < -0.4 is 10.6 Å². The number of carbonyl (C=O) groups excluding carboxylic acids is 1. The first-order chi connectivity index (χ1) is 13.2. The quantitative estimate of drug-likeness (QED) is 0.727. The fourth-order valence-electron chi connectivity index (χ4n) is 2.82. The minimum absolute atomic E-state index is 0.238. The number of hydrogen-bond acceptors (Lipinski definition) is 6. The summed E-state index contributed by atoms with van der Waals surface area (Å²) < 4.78 is 18.9. The number of halogens is 1. The van der Waals surface area contributed by atoms with E-state index >= 15 is 0 Å². The lowest BCUT2D eigenvalue weighted by molar-refractivity contribution is 0.0398. The van der Waals surface area contributed by atoms with Crippen molar-refractivity contribution in [2.24, 2.45) is 0 Å². The lowest BCUT2D eigenvalue weighted by Gasteiger charge is -2.26. The third-order valence-electron chi connectivity index (χ3n) is 4.37. The SMILES string of the molecule is O=C(NCCc1ccccc1F)c1ccc(NCCN2CCOCC2)nn1. The van der Waals surface area contributed by atoms with E-state index in [0.29, 0.717) is 24.3 Å². The zero-order chi connectivity index (χ0) is 18.9. The van der Waals surface area contributed by atoms with Crippen LogP contribution in [0.4, 0.5) is 10.2 Å². The molecule has 1 aromatic carbocycles. The molecule has 1 aliphatic heterocycles. The minimum atomic E-state index is -0.321. The van der Waals surface area contributed by atoms with Crippen molar-refractivity contribution in [1.82, 2.24) is 20.4 Å². The van der Waals surface area contributed by atoms with Crippen LogP contribution in [-0.2, 0) is 11.2 Å². The van der Waals surface area contributed by atoms with Gasteiger partial charge >= 0.3 is 0 Å². The minimum Gasteiger partial charge on any atom is -0.379 e. The van der Waals surface area contributed by atoms with Crippen LogP contribution in [0.3, 0.4) is 0 Å². The average Bonchev–Trinajstić information content (AvgIpc) is 2.71. The number of amides is 1. The Kier molecular flexibility index (Phi) is 7.06. The smallest absolute Gasteiger partial charge is 0.271 e. The number of anilines is 1. The molecule has 1 aromatic heterocycles. The van der Waals surface area contributed by atoms with E-state index in [0.717, 1.165) is 39.4 Å². The van der Waals surface area contributed by atoms with E-state index in [2.05, 4.69) is 25.7 Å². The fourth-order valence-corrected chi connectivity index (χ4v) is 2.82. The van der Waals surface area contributed by atoms with E-state index in [-0.39, 0.29) is 17.4 Å². The molecule has 27 heavy (non-hydrogen) atoms. The van der Waals surface area contributed by atoms with Gasteiger partial charge in [0.25, 0.3) is 5.91 Å². The Morgan fingerprint density at radius 2 is 1.93 bits per heavy atom. The van der Waals surface area contributed by atoms with Crippen LogP contribution in [0.1, 0.15) is 16.1 Å². The molecular formula is C19H24FN5O2. The summed E-state index contributed by atoms with van der Waals surface area (Å²) in [6.07, 6.45) is 0.424. The summed E-state index contributed by atoms with van der Waals surface area (Å²) in [7, 11) is 0. The number of morpholine rings is 1. The maximum absolute atomic E-state index is 13.6. The van der Waals surface area contributed by atoms with Crippen molar-refractivity contribution in [3.8, 4) is 0 Å². The molecule has 2 aromatic rings. The summed E-state index contributed by atoms with van der Waals surface area (Å²) in [4.78, 5) is 14.4. The number of ether oxygens (including phenoxy) is 1. The highest BCUT2D eigenvalue weighted by atomic mass is 19.1. The summed E-state index contributed by atoms with van der Waals surface area (Å²) >= 11 is 0. The summed E-state index contributed by atoms with van der Waals surface area (Å²) in [5, 5.41) is 13.9. The molecule has 1 fully saturated rings. The van der Waals surface area contributed by atoms with Crippen LogP contribution in [-0.4, -0.2) is 66.9 Å². The average molecular weight is 373 g/mol. The number of hydrogen-bond donors (Lipinski definition) is 2. The van der Waals surface area contributed by atoms with Gasteiger partial charge in [0.15, 0.2) is 5.69 Å². The van der Waals surface area contributed by atoms with Crippen LogP contribution in [0.2, 0.25) is 0 Å². The zero-order valence-corrected chi connectivity index (χ0v) is 15.2. The molecular weight excluding hydrogens is 349 g/mol. The second kappa shape index (κ2) is 9.94. The number of benzene rings is 1. The van der Waals surface area contributed by atoms with Gasteiger partial charge in [0.05, 0.1) is 13.2 Å². The lowest BCUT2D eigenvalue weighted by Crippen LogP contribution is -2.39. The van der Waals surface area contributed by atoms with E-state index < -0.39 is 0 Å². The van der Waals surface area contributed by atoms with E-state index in [1.165, 1.54) is 6.07 Å². The molecule has 0 bridgehead atoms. The third-order valence-corrected chi connectivity index (χ3v) is 4.37. The number of rotatable bonds is 8. The van der Waals surface area contributed by atoms with E-state index in [4.69, 9.17) is 4.74 Å². The molecule has 7 nitrogen and oxygen atoms in total. The van der Waals surface area contributed by atoms with Gasteiger partial charge in [-0.1, -0.05) is 18.2 Å². The highest BCUT2D eigenvalue weighted by Gasteiger charge is 2.11. The van der Waals surface area contributed by atoms with Crippen molar-refractivity contribution in [1.29, 1.82) is 0 Å². The van der Waals surface area contributed by atoms with Gasteiger partial charge in [-0.05, 0) is 30.2 Å². The van der Waals surface area contributed by atoms with Crippen LogP contribution in [0, 0.1) is 5.82 Å². The van der Waals surface area contributed by atoms with Crippen molar-refractivity contribution < 1.29 is 13.9 Å². The summed E-state index contributed by atoms with van der Waals surface area (Å²) in [6, 6.07) is 9.90. The van der Waals surface area contributed by atoms with Gasteiger partial charge in [0.2, 0.25) is 0 Å². The highest BCUT2D eigenvalue weighted by Crippen LogP contribution is 2.07. The maximum atomic E-state index is 13.6. The van der Waals surface area contributed by atoms with Gasteiger partial charge in [-0.25, -0.2) is 4.39 Å². The van der Waals surface area contributed by atoms with Gasteiger partial charge in [-0.3, -0.25) is 9.69 Å². The first-order valence-corrected chi connectivity index (χ1v) is 9.12. The van der Waals surface area contributed by atoms with Crippen molar-refractivity contribution in [2.45, 2.75) is 6.42 Å².